The highest BCUT2D eigenvalue weighted by atomic mass is 32.2. The fourth-order valence-corrected chi connectivity index (χ4v) is 5.01. The van der Waals surface area contributed by atoms with Crippen LogP contribution in [0.15, 0.2) is 24.3 Å². The molecule has 29 heavy (non-hydrogen) atoms. The molecule has 0 aliphatic carbocycles. The molecule has 0 radical (unpaired) electrons. The number of anilines is 1. The number of aromatic hydroxyl groups is 1. The molecule has 0 aromatic heterocycles. The van der Waals surface area contributed by atoms with Gasteiger partial charge in [-0.2, -0.15) is 11.8 Å². The van der Waals surface area contributed by atoms with Crippen molar-refractivity contribution in [3.63, 3.8) is 0 Å². The van der Waals surface area contributed by atoms with Gasteiger partial charge in [-0.15, -0.1) is 0 Å². The summed E-state index contributed by atoms with van der Waals surface area (Å²) in [6, 6.07) is 6.71. The number of likely N-dealkylation sites (tertiary alicyclic amines) is 1. The van der Waals surface area contributed by atoms with Gasteiger partial charge in [0.25, 0.3) is 0 Å². The number of phenolic OH excluding ortho intramolecular Hbond substituents is 1. The molecule has 1 aromatic carbocycles. The molecule has 162 valence electrons. The van der Waals surface area contributed by atoms with Gasteiger partial charge in [0.15, 0.2) is 0 Å². The van der Waals surface area contributed by atoms with E-state index in [4.69, 9.17) is 4.74 Å². The SMILES string of the molecule is CCN(C(=O)[C@H](C)[C@@H](SC)[C@@H]1CCCN1C(=O)OC(C)(C)C)c1cccc(O)c1. The van der Waals surface area contributed by atoms with E-state index in [0.29, 0.717) is 18.8 Å². The Morgan fingerprint density at radius 2 is 2.07 bits per heavy atom. The fourth-order valence-electron chi connectivity index (χ4n) is 3.89. The van der Waals surface area contributed by atoms with Crippen LogP contribution < -0.4 is 4.90 Å². The van der Waals surface area contributed by atoms with Gasteiger partial charge < -0.3 is 19.6 Å². The normalized spacial score (nSPS) is 19.0. The third-order valence-corrected chi connectivity index (χ3v) is 6.45. The quantitative estimate of drug-likeness (QED) is 0.730. The highest BCUT2D eigenvalue weighted by Crippen LogP contribution is 2.34. The summed E-state index contributed by atoms with van der Waals surface area (Å²) in [6.07, 6.45) is 3.45. The Morgan fingerprint density at radius 3 is 2.62 bits per heavy atom. The summed E-state index contributed by atoms with van der Waals surface area (Å²) < 4.78 is 5.59. The summed E-state index contributed by atoms with van der Waals surface area (Å²) in [6.45, 7) is 10.6. The van der Waals surface area contributed by atoms with Crippen molar-refractivity contribution in [3.8, 4) is 5.75 Å². The Balaban J connectivity index is 2.20. The van der Waals surface area contributed by atoms with Gasteiger partial charge in [0.05, 0.1) is 0 Å². The molecule has 2 amide bonds. The topological polar surface area (TPSA) is 70.1 Å². The van der Waals surface area contributed by atoms with E-state index in [-0.39, 0.29) is 35.0 Å². The first-order valence-corrected chi connectivity index (χ1v) is 11.5. The molecule has 1 aliphatic rings. The molecule has 7 heteroatoms. The lowest BCUT2D eigenvalue weighted by molar-refractivity contribution is -0.122. The average molecular weight is 423 g/mol. The van der Waals surface area contributed by atoms with E-state index in [1.54, 1.807) is 39.8 Å². The van der Waals surface area contributed by atoms with E-state index in [0.717, 1.165) is 12.8 Å². The first-order valence-electron chi connectivity index (χ1n) is 10.2. The van der Waals surface area contributed by atoms with Crippen molar-refractivity contribution < 1.29 is 19.4 Å². The number of amides is 2. The van der Waals surface area contributed by atoms with Crippen molar-refractivity contribution in [3.05, 3.63) is 24.3 Å². The molecule has 1 fully saturated rings. The second kappa shape index (κ2) is 9.74. The van der Waals surface area contributed by atoms with E-state index >= 15 is 0 Å². The van der Waals surface area contributed by atoms with E-state index in [1.807, 2.05) is 46.9 Å². The van der Waals surface area contributed by atoms with Crippen molar-refractivity contribution in [2.75, 3.05) is 24.2 Å². The summed E-state index contributed by atoms with van der Waals surface area (Å²) >= 11 is 1.62. The molecule has 1 aliphatic heterocycles. The molecule has 6 nitrogen and oxygen atoms in total. The molecule has 1 saturated heterocycles. The third-order valence-electron chi connectivity index (χ3n) is 5.18. The summed E-state index contributed by atoms with van der Waals surface area (Å²) in [5.41, 5.74) is 0.133. The zero-order valence-corrected chi connectivity index (χ0v) is 19.2. The van der Waals surface area contributed by atoms with Gasteiger partial charge in [0.1, 0.15) is 11.4 Å². The van der Waals surface area contributed by atoms with Crippen molar-refractivity contribution in [2.45, 2.75) is 64.4 Å². The maximum absolute atomic E-state index is 13.3. The van der Waals surface area contributed by atoms with Crippen LogP contribution in [0, 0.1) is 5.92 Å². The van der Waals surface area contributed by atoms with Crippen molar-refractivity contribution in [2.24, 2.45) is 5.92 Å². The molecular formula is C22H34N2O4S. The smallest absolute Gasteiger partial charge is 0.410 e. The second-order valence-corrected chi connectivity index (χ2v) is 9.49. The lowest BCUT2D eigenvalue weighted by atomic mass is 9.97. The first-order chi connectivity index (χ1) is 13.6. The van der Waals surface area contributed by atoms with Gasteiger partial charge in [-0.3, -0.25) is 4.79 Å². The Bertz CT molecular complexity index is 719. The number of rotatable bonds is 6. The number of benzene rings is 1. The van der Waals surface area contributed by atoms with Gasteiger partial charge in [-0.05, 0) is 58.9 Å². The second-order valence-electron chi connectivity index (χ2n) is 8.47. The zero-order valence-electron chi connectivity index (χ0n) is 18.3. The van der Waals surface area contributed by atoms with Crippen LogP contribution in [0.4, 0.5) is 10.5 Å². The monoisotopic (exact) mass is 422 g/mol. The summed E-state index contributed by atoms with van der Waals surface area (Å²) in [5, 5.41) is 9.76. The van der Waals surface area contributed by atoms with Crippen molar-refractivity contribution in [1.82, 2.24) is 4.90 Å². The van der Waals surface area contributed by atoms with Gasteiger partial charge in [0, 0.05) is 42.1 Å². The summed E-state index contributed by atoms with van der Waals surface area (Å²) in [7, 11) is 0. The largest absolute Gasteiger partial charge is 0.508 e. The Kier molecular flexibility index (Phi) is 7.86. The van der Waals surface area contributed by atoms with Gasteiger partial charge in [0.2, 0.25) is 5.91 Å². The standard InChI is InChI=1S/C22H34N2O4S/c1-7-23(16-10-8-11-17(25)14-16)20(26)15(2)19(29-6)18-12-9-13-24(18)21(27)28-22(3,4)5/h8,10-11,14-15,18-19,25H,7,9,12-13H2,1-6H3/t15-,18+,19-/m1/s1. The number of hydrogen-bond donors (Lipinski definition) is 1. The highest BCUT2D eigenvalue weighted by Gasteiger charge is 2.41. The number of thioether (sulfide) groups is 1. The zero-order chi connectivity index (χ0) is 21.8. The Labute approximate surface area is 178 Å². The molecule has 1 heterocycles. The van der Waals surface area contributed by atoms with Crippen LogP contribution in [-0.2, 0) is 9.53 Å². The van der Waals surface area contributed by atoms with Crippen molar-refractivity contribution >= 4 is 29.4 Å². The van der Waals surface area contributed by atoms with Crippen LogP contribution in [0.1, 0.15) is 47.5 Å². The molecule has 1 N–H and O–H groups in total. The summed E-state index contributed by atoms with van der Waals surface area (Å²) in [5.74, 6) is -0.163. The van der Waals surface area contributed by atoms with E-state index < -0.39 is 5.60 Å². The molecule has 3 atom stereocenters. The number of nitrogens with zero attached hydrogens (tertiary/aromatic N) is 2. The van der Waals surface area contributed by atoms with Crippen molar-refractivity contribution in [1.29, 1.82) is 0 Å². The van der Waals surface area contributed by atoms with E-state index in [9.17, 15) is 14.7 Å². The maximum Gasteiger partial charge on any atom is 0.410 e. The maximum atomic E-state index is 13.3. The number of carbonyl (C=O) groups is 2. The van der Waals surface area contributed by atoms with Crippen LogP contribution in [0.3, 0.4) is 0 Å². The minimum Gasteiger partial charge on any atom is -0.508 e. The highest BCUT2D eigenvalue weighted by molar-refractivity contribution is 7.99. The summed E-state index contributed by atoms with van der Waals surface area (Å²) in [4.78, 5) is 29.5. The predicted octanol–water partition coefficient (Wildman–Crippen LogP) is 4.51. The van der Waals surface area contributed by atoms with Crippen LogP contribution in [0.25, 0.3) is 0 Å². The number of hydrogen-bond acceptors (Lipinski definition) is 5. The number of ether oxygens (including phenoxy) is 1. The fraction of sp³-hybridized carbons (Fsp3) is 0.636. The Morgan fingerprint density at radius 1 is 1.38 bits per heavy atom. The lowest BCUT2D eigenvalue weighted by Crippen LogP contribution is -2.49. The molecule has 2 rings (SSSR count). The lowest BCUT2D eigenvalue weighted by Gasteiger charge is -2.36. The number of carbonyl (C=O) groups excluding carboxylic acids is 2. The third kappa shape index (κ3) is 5.81. The minimum absolute atomic E-state index is 0.00603. The van der Waals surface area contributed by atoms with E-state index in [1.165, 1.54) is 0 Å². The average Bonchev–Trinajstić information content (AvgIpc) is 3.11. The molecular weight excluding hydrogens is 388 g/mol. The van der Waals surface area contributed by atoms with Gasteiger partial charge in [-0.1, -0.05) is 13.0 Å². The van der Waals surface area contributed by atoms with Crippen LogP contribution in [0.2, 0.25) is 0 Å². The molecule has 0 saturated carbocycles. The molecule has 0 spiro atoms. The number of phenols is 1. The first kappa shape index (κ1) is 23.4. The van der Waals surface area contributed by atoms with Crippen LogP contribution >= 0.6 is 11.8 Å². The van der Waals surface area contributed by atoms with Crippen LogP contribution in [0.5, 0.6) is 5.75 Å². The van der Waals surface area contributed by atoms with Crippen LogP contribution in [-0.4, -0.2) is 58.2 Å². The molecule has 1 aromatic rings. The van der Waals surface area contributed by atoms with Gasteiger partial charge >= 0.3 is 6.09 Å². The Hall–Kier alpha value is -1.89. The van der Waals surface area contributed by atoms with E-state index in [2.05, 4.69) is 0 Å². The van der Waals surface area contributed by atoms with Gasteiger partial charge in [-0.25, -0.2) is 4.79 Å². The molecule has 0 bridgehead atoms. The molecule has 0 unspecified atom stereocenters. The predicted molar refractivity (Wildman–Crippen MR) is 119 cm³/mol. The minimum atomic E-state index is -0.547.